The molecule has 0 amide bonds. The van der Waals surface area contributed by atoms with Crippen LogP contribution in [0.3, 0.4) is 0 Å². The Kier molecular flexibility index (Phi) is 4.31. The van der Waals surface area contributed by atoms with E-state index >= 15 is 0 Å². The average Bonchev–Trinajstić information content (AvgIpc) is 3.00. The number of fused-ring (bicyclic) bond motifs is 1. The summed E-state index contributed by atoms with van der Waals surface area (Å²) in [4.78, 5) is 11.1. The molecule has 0 bridgehead atoms. The first-order valence-corrected chi connectivity index (χ1v) is 9.37. The minimum Gasteiger partial charge on any atom is -0.508 e. The van der Waals surface area contributed by atoms with E-state index in [9.17, 15) is 5.11 Å². The van der Waals surface area contributed by atoms with Crippen molar-refractivity contribution in [2.75, 3.05) is 5.32 Å². The van der Waals surface area contributed by atoms with Crippen LogP contribution in [0, 0.1) is 6.92 Å². The zero-order valence-electron chi connectivity index (χ0n) is 14.7. The Hall–Kier alpha value is -2.92. The second-order valence-electron chi connectivity index (χ2n) is 6.16. The van der Waals surface area contributed by atoms with Gasteiger partial charge in [0.1, 0.15) is 22.7 Å². The smallest absolute Gasteiger partial charge is 0.143 e. The summed E-state index contributed by atoms with van der Waals surface area (Å²) in [6.07, 6.45) is 2.62. The fraction of sp³-hybridized carbons (Fsp3) is 0.143. The molecule has 0 spiro atoms. The summed E-state index contributed by atoms with van der Waals surface area (Å²) in [5.74, 6) is 1.02. The lowest BCUT2D eigenvalue weighted by Gasteiger charge is -2.09. The lowest BCUT2D eigenvalue weighted by Crippen LogP contribution is -1.95. The van der Waals surface area contributed by atoms with Crippen LogP contribution in [0.1, 0.15) is 17.4 Å². The maximum Gasteiger partial charge on any atom is 0.143 e. The summed E-state index contributed by atoms with van der Waals surface area (Å²) in [5, 5.41) is 13.9. The van der Waals surface area contributed by atoms with Crippen molar-refractivity contribution in [3.8, 4) is 16.9 Å². The number of aryl methyl sites for hydroxylation is 2. The van der Waals surface area contributed by atoms with Crippen molar-refractivity contribution in [1.29, 1.82) is 0 Å². The molecule has 26 heavy (non-hydrogen) atoms. The highest BCUT2D eigenvalue weighted by Gasteiger charge is 2.17. The zero-order valence-corrected chi connectivity index (χ0v) is 15.5. The third kappa shape index (κ3) is 3.02. The molecule has 130 valence electrons. The normalized spacial score (nSPS) is 11.0. The number of phenols is 1. The van der Waals surface area contributed by atoms with Gasteiger partial charge in [0.2, 0.25) is 0 Å². The van der Waals surface area contributed by atoms with Crippen LogP contribution in [0.4, 0.5) is 11.5 Å². The van der Waals surface area contributed by atoms with Crippen LogP contribution >= 0.6 is 11.3 Å². The van der Waals surface area contributed by atoms with Gasteiger partial charge in [-0.05, 0) is 48.7 Å². The third-order valence-corrected chi connectivity index (χ3v) is 5.46. The Labute approximate surface area is 156 Å². The van der Waals surface area contributed by atoms with Crippen LogP contribution < -0.4 is 5.32 Å². The van der Waals surface area contributed by atoms with Gasteiger partial charge in [0.25, 0.3) is 0 Å². The lowest BCUT2D eigenvalue weighted by atomic mass is 10.0. The number of rotatable bonds is 4. The predicted octanol–water partition coefficient (Wildman–Crippen LogP) is 5.68. The molecular weight excluding hydrogens is 342 g/mol. The highest BCUT2D eigenvalue weighted by Crippen LogP contribution is 2.41. The van der Waals surface area contributed by atoms with Crippen LogP contribution in [0.2, 0.25) is 0 Å². The number of phenolic OH excluding ortho intramolecular Hbond substituents is 1. The number of hydrogen-bond donors (Lipinski definition) is 2. The van der Waals surface area contributed by atoms with E-state index in [-0.39, 0.29) is 5.75 Å². The summed E-state index contributed by atoms with van der Waals surface area (Å²) < 4.78 is 0. The maximum absolute atomic E-state index is 9.48. The molecule has 0 atom stereocenters. The number of nitrogens with one attached hydrogen (secondary N) is 1. The first-order chi connectivity index (χ1) is 12.7. The minimum absolute atomic E-state index is 0.242. The summed E-state index contributed by atoms with van der Waals surface area (Å²) in [5.41, 5.74) is 4.55. The second-order valence-corrected chi connectivity index (χ2v) is 7.36. The summed E-state index contributed by atoms with van der Waals surface area (Å²) in [6, 6.07) is 15.7. The van der Waals surface area contributed by atoms with Gasteiger partial charge in [0, 0.05) is 16.1 Å². The molecule has 4 aromatic rings. The Balaban J connectivity index is 1.84. The molecule has 2 aromatic carbocycles. The van der Waals surface area contributed by atoms with E-state index in [1.807, 2.05) is 12.1 Å². The molecule has 5 heteroatoms. The SMILES string of the molecule is CCc1ccc(-c2c(C)sc3ncnc(Nc4ccc(O)cc4)c23)cc1. The Morgan fingerprint density at radius 3 is 2.42 bits per heavy atom. The van der Waals surface area contributed by atoms with E-state index in [4.69, 9.17) is 0 Å². The quantitative estimate of drug-likeness (QED) is 0.459. The Bertz CT molecular complexity index is 1050. The molecule has 0 aliphatic heterocycles. The number of nitrogens with zero attached hydrogens (tertiary/aromatic N) is 2. The van der Waals surface area contributed by atoms with Gasteiger partial charge in [-0.3, -0.25) is 0 Å². The first-order valence-electron chi connectivity index (χ1n) is 8.55. The molecule has 4 nitrogen and oxygen atoms in total. The molecule has 2 N–H and O–H groups in total. The fourth-order valence-electron chi connectivity index (χ4n) is 3.08. The number of benzene rings is 2. The predicted molar refractivity (Wildman–Crippen MR) is 108 cm³/mol. The first kappa shape index (κ1) is 16.5. The van der Waals surface area contributed by atoms with Crippen LogP contribution in [-0.2, 0) is 6.42 Å². The van der Waals surface area contributed by atoms with Gasteiger partial charge in [-0.25, -0.2) is 9.97 Å². The fourth-order valence-corrected chi connectivity index (χ4v) is 4.09. The van der Waals surface area contributed by atoms with Crippen molar-refractivity contribution < 1.29 is 5.11 Å². The van der Waals surface area contributed by atoms with Crippen molar-refractivity contribution in [1.82, 2.24) is 9.97 Å². The summed E-state index contributed by atoms with van der Waals surface area (Å²) in [6.45, 7) is 4.29. The number of aromatic hydroxyl groups is 1. The van der Waals surface area contributed by atoms with Crippen molar-refractivity contribution >= 4 is 33.1 Å². The third-order valence-electron chi connectivity index (χ3n) is 4.45. The van der Waals surface area contributed by atoms with Gasteiger partial charge in [-0.1, -0.05) is 31.2 Å². The molecule has 0 aliphatic carbocycles. The minimum atomic E-state index is 0.242. The van der Waals surface area contributed by atoms with Crippen molar-refractivity contribution in [3.63, 3.8) is 0 Å². The van der Waals surface area contributed by atoms with Crippen LogP contribution in [-0.4, -0.2) is 15.1 Å². The lowest BCUT2D eigenvalue weighted by molar-refractivity contribution is 0.475. The molecule has 0 unspecified atom stereocenters. The molecule has 2 aromatic heterocycles. The van der Waals surface area contributed by atoms with Crippen molar-refractivity contribution in [2.45, 2.75) is 20.3 Å². The molecule has 0 saturated heterocycles. The number of thiophene rings is 1. The van der Waals surface area contributed by atoms with Crippen LogP contribution in [0.15, 0.2) is 54.9 Å². The highest BCUT2D eigenvalue weighted by molar-refractivity contribution is 7.19. The van der Waals surface area contributed by atoms with Gasteiger partial charge in [0.15, 0.2) is 0 Å². The average molecular weight is 361 g/mol. The van der Waals surface area contributed by atoms with E-state index in [2.05, 4.69) is 53.4 Å². The van der Waals surface area contributed by atoms with Crippen molar-refractivity contribution in [2.24, 2.45) is 0 Å². The maximum atomic E-state index is 9.48. The van der Waals surface area contributed by atoms with Crippen molar-refractivity contribution in [3.05, 3.63) is 65.3 Å². The Morgan fingerprint density at radius 2 is 1.73 bits per heavy atom. The highest BCUT2D eigenvalue weighted by atomic mass is 32.1. The van der Waals surface area contributed by atoms with E-state index in [0.29, 0.717) is 0 Å². The monoisotopic (exact) mass is 361 g/mol. The summed E-state index contributed by atoms with van der Waals surface area (Å²) >= 11 is 1.68. The number of hydrogen-bond acceptors (Lipinski definition) is 5. The van der Waals surface area contributed by atoms with Crippen LogP contribution in [0.25, 0.3) is 21.3 Å². The van der Waals surface area contributed by atoms with E-state index in [0.717, 1.165) is 28.1 Å². The largest absolute Gasteiger partial charge is 0.508 e. The van der Waals surface area contributed by atoms with Gasteiger partial charge in [-0.15, -0.1) is 11.3 Å². The zero-order chi connectivity index (χ0) is 18.1. The molecule has 0 aliphatic rings. The molecule has 0 radical (unpaired) electrons. The van der Waals surface area contributed by atoms with Gasteiger partial charge in [0.05, 0.1) is 5.39 Å². The number of aromatic nitrogens is 2. The van der Waals surface area contributed by atoms with Gasteiger partial charge < -0.3 is 10.4 Å². The standard InChI is InChI=1S/C21H19N3OS/c1-3-14-4-6-15(7-5-14)18-13(2)26-21-19(18)20(22-12-23-21)24-16-8-10-17(25)11-9-16/h4-12,25H,3H2,1-2H3,(H,22,23,24). The molecular formula is C21H19N3OS. The summed E-state index contributed by atoms with van der Waals surface area (Å²) in [7, 11) is 0. The van der Waals surface area contributed by atoms with E-state index in [1.54, 1.807) is 29.8 Å². The molecule has 0 fully saturated rings. The molecule has 4 rings (SSSR count). The van der Waals surface area contributed by atoms with Gasteiger partial charge >= 0.3 is 0 Å². The van der Waals surface area contributed by atoms with E-state index < -0.39 is 0 Å². The Morgan fingerprint density at radius 1 is 1.00 bits per heavy atom. The molecule has 2 heterocycles. The second kappa shape index (κ2) is 6.77. The number of anilines is 2. The van der Waals surface area contributed by atoms with Crippen LogP contribution in [0.5, 0.6) is 5.75 Å². The van der Waals surface area contributed by atoms with Gasteiger partial charge in [-0.2, -0.15) is 0 Å². The topological polar surface area (TPSA) is 58.0 Å². The molecule has 0 saturated carbocycles. The van der Waals surface area contributed by atoms with E-state index in [1.165, 1.54) is 21.6 Å².